The average molecular weight is 205 g/mol. The van der Waals surface area contributed by atoms with Gasteiger partial charge >= 0.3 is 0 Å². The molecule has 0 aliphatic rings. The molecule has 1 aromatic heterocycles. The van der Waals surface area contributed by atoms with Gasteiger partial charge in [-0.2, -0.15) is 0 Å². The van der Waals surface area contributed by atoms with Crippen molar-refractivity contribution in [3.63, 3.8) is 0 Å². The van der Waals surface area contributed by atoms with Crippen molar-refractivity contribution in [2.75, 3.05) is 6.61 Å². The topological polar surface area (TPSA) is 42.4 Å². The number of hydrogen-bond donors (Lipinski definition) is 1. The molecule has 1 rings (SSSR count). The average Bonchev–Trinajstić information content (AvgIpc) is 2.18. The fourth-order valence-corrected chi connectivity index (χ4v) is 1.04. The maximum atomic E-state index is 8.57. The minimum atomic E-state index is 0.0859. The molecule has 0 bridgehead atoms. The van der Waals surface area contributed by atoms with Crippen LogP contribution in [0.2, 0.25) is 0 Å². The summed E-state index contributed by atoms with van der Waals surface area (Å²) < 4.78 is 5.48. The van der Waals surface area contributed by atoms with E-state index in [-0.39, 0.29) is 12.7 Å². The van der Waals surface area contributed by atoms with E-state index in [2.05, 4.69) is 16.8 Å². The van der Waals surface area contributed by atoms with Crippen molar-refractivity contribution in [2.45, 2.75) is 26.4 Å². The molecule has 0 radical (unpaired) electrons. The summed E-state index contributed by atoms with van der Waals surface area (Å²) in [4.78, 5) is 4.03. The first-order valence-corrected chi connectivity index (χ1v) is 4.94. The van der Waals surface area contributed by atoms with E-state index in [9.17, 15) is 0 Å². The summed E-state index contributed by atoms with van der Waals surface area (Å²) in [6, 6.07) is 1.84. The van der Waals surface area contributed by atoms with Crippen LogP contribution in [0, 0.1) is 11.8 Å². The molecule has 1 N–H and O–H groups in total. The van der Waals surface area contributed by atoms with Crippen molar-refractivity contribution >= 4 is 0 Å². The van der Waals surface area contributed by atoms with Gasteiger partial charge < -0.3 is 9.84 Å². The summed E-state index contributed by atoms with van der Waals surface area (Å²) in [5.41, 5.74) is 0.807. The van der Waals surface area contributed by atoms with Crippen molar-refractivity contribution in [3.05, 3.63) is 24.0 Å². The van der Waals surface area contributed by atoms with E-state index in [1.165, 1.54) is 0 Å². The van der Waals surface area contributed by atoms with Gasteiger partial charge in [0.2, 0.25) is 0 Å². The van der Waals surface area contributed by atoms with E-state index >= 15 is 0 Å². The minimum absolute atomic E-state index is 0.0859. The van der Waals surface area contributed by atoms with Gasteiger partial charge in [0.15, 0.2) is 0 Å². The highest BCUT2D eigenvalue weighted by molar-refractivity contribution is 5.36. The second-order valence-electron chi connectivity index (χ2n) is 3.35. The zero-order valence-corrected chi connectivity index (χ0v) is 9.03. The first kappa shape index (κ1) is 11.5. The monoisotopic (exact) mass is 205 g/mol. The van der Waals surface area contributed by atoms with Gasteiger partial charge in [-0.15, -0.1) is 0 Å². The second kappa shape index (κ2) is 6.05. The lowest BCUT2D eigenvalue weighted by Gasteiger charge is -2.08. The van der Waals surface area contributed by atoms with Gasteiger partial charge in [-0.1, -0.05) is 11.8 Å². The zero-order chi connectivity index (χ0) is 11.1. The van der Waals surface area contributed by atoms with Crippen LogP contribution in [0.15, 0.2) is 18.5 Å². The molecule has 0 unspecified atom stereocenters. The van der Waals surface area contributed by atoms with Crippen molar-refractivity contribution in [1.82, 2.24) is 4.98 Å². The zero-order valence-electron chi connectivity index (χ0n) is 9.03. The Bertz CT molecular complexity index is 363. The Morgan fingerprint density at radius 2 is 2.27 bits per heavy atom. The predicted molar refractivity (Wildman–Crippen MR) is 58.6 cm³/mol. The first-order chi connectivity index (χ1) is 7.22. The Morgan fingerprint density at radius 3 is 2.93 bits per heavy atom. The van der Waals surface area contributed by atoms with Crippen LogP contribution in [0.5, 0.6) is 5.75 Å². The van der Waals surface area contributed by atoms with Crippen LogP contribution in [-0.4, -0.2) is 22.8 Å². The smallest absolute Gasteiger partial charge is 0.139 e. The third kappa shape index (κ3) is 4.48. The molecular weight excluding hydrogens is 190 g/mol. The molecule has 0 fully saturated rings. The molecule has 80 valence electrons. The summed E-state index contributed by atoms with van der Waals surface area (Å²) in [5.74, 6) is 6.47. The number of pyridine rings is 1. The van der Waals surface area contributed by atoms with Gasteiger partial charge in [0.25, 0.3) is 0 Å². The summed E-state index contributed by atoms with van der Waals surface area (Å²) in [6.07, 6.45) is 3.96. The summed E-state index contributed by atoms with van der Waals surface area (Å²) in [6.45, 7) is 4.01. The summed E-state index contributed by atoms with van der Waals surface area (Å²) >= 11 is 0. The molecule has 3 heteroatoms. The lowest BCUT2D eigenvalue weighted by molar-refractivity contribution is 0.241. The predicted octanol–water partition coefficient (Wildman–Crippen LogP) is 1.60. The number of aliphatic hydroxyl groups is 1. The quantitative estimate of drug-likeness (QED) is 0.762. The van der Waals surface area contributed by atoms with E-state index in [1.807, 2.05) is 19.9 Å². The van der Waals surface area contributed by atoms with Gasteiger partial charge in [0, 0.05) is 18.2 Å². The molecule has 0 saturated heterocycles. The van der Waals surface area contributed by atoms with E-state index in [0.29, 0.717) is 6.42 Å². The van der Waals surface area contributed by atoms with Crippen molar-refractivity contribution < 1.29 is 9.84 Å². The largest absolute Gasteiger partial charge is 0.489 e. The molecule has 15 heavy (non-hydrogen) atoms. The van der Waals surface area contributed by atoms with Crippen LogP contribution in [0.25, 0.3) is 0 Å². The lowest BCUT2D eigenvalue weighted by Crippen LogP contribution is -2.05. The molecular formula is C12H15NO2. The minimum Gasteiger partial charge on any atom is -0.489 e. The molecule has 0 spiro atoms. The van der Waals surface area contributed by atoms with Crippen molar-refractivity contribution in [1.29, 1.82) is 0 Å². The Balaban J connectivity index is 2.71. The fraction of sp³-hybridized carbons (Fsp3) is 0.417. The van der Waals surface area contributed by atoms with E-state index in [4.69, 9.17) is 9.84 Å². The number of hydrogen-bond acceptors (Lipinski definition) is 3. The highest BCUT2D eigenvalue weighted by Gasteiger charge is 1.98. The maximum absolute atomic E-state index is 8.57. The molecule has 1 aromatic rings. The molecule has 0 saturated carbocycles. The van der Waals surface area contributed by atoms with Crippen LogP contribution in [0.1, 0.15) is 25.8 Å². The van der Waals surface area contributed by atoms with Crippen molar-refractivity contribution in [3.8, 4) is 17.6 Å². The maximum Gasteiger partial charge on any atom is 0.139 e. The van der Waals surface area contributed by atoms with E-state index in [1.54, 1.807) is 12.4 Å². The van der Waals surface area contributed by atoms with E-state index < -0.39 is 0 Å². The van der Waals surface area contributed by atoms with Gasteiger partial charge in [-0.05, 0) is 19.9 Å². The molecule has 1 heterocycles. The Morgan fingerprint density at radius 1 is 1.47 bits per heavy atom. The molecule has 0 aliphatic heterocycles. The van der Waals surface area contributed by atoms with Gasteiger partial charge in [0.1, 0.15) is 5.75 Å². The van der Waals surface area contributed by atoms with Crippen LogP contribution >= 0.6 is 0 Å². The number of aliphatic hydroxyl groups excluding tert-OH is 1. The van der Waals surface area contributed by atoms with Crippen LogP contribution in [0.3, 0.4) is 0 Å². The van der Waals surface area contributed by atoms with E-state index in [0.717, 1.165) is 11.3 Å². The molecule has 0 atom stereocenters. The highest BCUT2D eigenvalue weighted by atomic mass is 16.5. The number of nitrogens with zero attached hydrogens (tertiary/aromatic N) is 1. The second-order valence-corrected chi connectivity index (χ2v) is 3.35. The third-order valence-electron chi connectivity index (χ3n) is 1.55. The molecule has 3 nitrogen and oxygen atoms in total. The lowest BCUT2D eigenvalue weighted by atomic mass is 10.2. The summed E-state index contributed by atoms with van der Waals surface area (Å²) in [5, 5.41) is 8.57. The van der Waals surface area contributed by atoms with Crippen LogP contribution < -0.4 is 4.74 Å². The Labute approximate surface area is 90.1 Å². The van der Waals surface area contributed by atoms with Crippen LogP contribution in [0.4, 0.5) is 0 Å². The SMILES string of the molecule is CC(C)Oc1cncc(C#CCCO)c1. The van der Waals surface area contributed by atoms with Gasteiger partial charge in [-0.3, -0.25) is 4.98 Å². The van der Waals surface area contributed by atoms with Crippen molar-refractivity contribution in [2.24, 2.45) is 0 Å². The van der Waals surface area contributed by atoms with Gasteiger partial charge in [0.05, 0.1) is 18.9 Å². The first-order valence-electron chi connectivity index (χ1n) is 4.94. The third-order valence-corrected chi connectivity index (χ3v) is 1.55. The number of rotatable bonds is 3. The number of aromatic nitrogens is 1. The molecule has 0 aliphatic carbocycles. The summed E-state index contributed by atoms with van der Waals surface area (Å²) in [7, 11) is 0. The normalized spacial score (nSPS) is 9.60. The van der Waals surface area contributed by atoms with Gasteiger partial charge in [-0.25, -0.2) is 0 Å². The Kier molecular flexibility index (Phi) is 4.65. The number of ether oxygens (including phenoxy) is 1. The molecule has 0 aromatic carbocycles. The van der Waals surface area contributed by atoms with Crippen LogP contribution in [-0.2, 0) is 0 Å². The fourth-order valence-electron chi connectivity index (χ4n) is 1.04. The Hall–Kier alpha value is -1.53. The molecule has 0 amide bonds. The standard InChI is InChI=1S/C12H15NO2/c1-10(2)15-12-7-11(8-13-9-12)5-3-4-6-14/h7-10,14H,4,6H2,1-2H3. The highest BCUT2D eigenvalue weighted by Crippen LogP contribution is 2.11.